The smallest absolute Gasteiger partial charge is 0.353 e. The minimum atomic E-state index is -1.16. The van der Waals surface area contributed by atoms with Gasteiger partial charge in [0.15, 0.2) is 0 Å². The average molecular weight is 446 g/mol. The highest BCUT2D eigenvalue weighted by Gasteiger charge is 2.44. The van der Waals surface area contributed by atoms with E-state index in [4.69, 9.17) is 30.6 Å². The van der Waals surface area contributed by atoms with E-state index in [1.807, 2.05) is 27.7 Å². The first-order valence-electron chi connectivity index (χ1n) is 9.73. The molecule has 6 nitrogen and oxygen atoms in total. The molecule has 0 saturated heterocycles. The molecule has 1 aromatic rings. The number of rotatable bonds is 6. The van der Waals surface area contributed by atoms with Gasteiger partial charge in [-0.15, -0.1) is 0 Å². The molecule has 0 aliphatic carbocycles. The Balaban J connectivity index is 0.000000382. The zero-order valence-electron chi connectivity index (χ0n) is 19.3. The van der Waals surface area contributed by atoms with Gasteiger partial charge < -0.3 is 19.0 Å². The Morgan fingerprint density at radius 3 is 2.23 bits per heavy atom. The monoisotopic (exact) mass is 445 g/mol. The fourth-order valence-corrected chi connectivity index (χ4v) is 2.71. The van der Waals surface area contributed by atoms with E-state index in [-0.39, 0.29) is 35.1 Å². The Labute approximate surface area is 183 Å². The van der Waals surface area contributed by atoms with Crippen molar-refractivity contribution in [1.82, 2.24) is 0 Å². The van der Waals surface area contributed by atoms with E-state index in [0.717, 1.165) is 0 Å². The standard InChI is InChI=1S/C14H15ClFNO3.C8H18O2/c1-4-19-13(18)14(3)7-12(17-20-14)9-5-8(2)11(16)6-10(9)15;1-7(2,9-5)8(3,4)10-6/h5-6H,4,7H2,1-3H3;1-6H3. The molecule has 1 aliphatic heterocycles. The highest BCUT2D eigenvalue weighted by molar-refractivity contribution is 6.34. The summed E-state index contributed by atoms with van der Waals surface area (Å²) in [6.07, 6.45) is 0.233. The first-order valence-corrected chi connectivity index (χ1v) is 10.1. The third-order valence-corrected chi connectivity index (χ3v) is 5.91. The van der Waals surface area contributed by atoms with Crippen LogP contribution >= 0.6 is 11.6 Å². The van der Waals surface area contributed by atoms with Gasteiger partial charge in [-0.2, -0.15) is 0 Å². The van der Waals surface area contributed by atoms with Crippen LogP contribution in [-0.2, 0) is 23.8 Å². The van der Waals surface area contributed by atoms with Crippen molar-refractivity contribution in [2.24, 2.45) is 5.16 Å². The predicted molar refractivity (Wildman–Crippen MR) is 116 cm³/mol. The molecule has 1 aromatic carbocycles. The second kappa shape index (κ2) is 10.1. The molecule has 8 heteroatoms. The van der Waals surface area contributed by atoms with Gasteiger partial charge in [-0.25, -0.2) is 9.18 Å². The van der Waals surface area contributed by atoms with Crippen LogP contribution in [-0.4, -0.2) is 49.3 Å². The van der Waals surface area contributed by atoms with Crippen molar-refractivity contribution in [1.29, 1.82) is 0 Å². The van der Waals surface area contributed by atoms with Crippen LogP contribution in [0.5, 0.6) is 0 Å². The number of benzene rings is 1. The number of methoxy groups -OCH3 is 2. The van der Waals surface area contributed by atoms with Crippen molar-refractivity contribution in [2.45, 2.75) is 71.7 Å². The molecule has 0 radical (unpaired) electrons. The highest BCUT2D eigenvalue weighted by Crippen LogP contribution is 2.31. The average Bonchev–Trinajstić information content (AvgIpc) is 3.08. The Bertz CT molecular complexity index is 780. The number of hydrogen-bond acceptors (Lipinski definition) is 6. The van der Waals surface area contributed by atoms with Crippen LogP contribution in [0.2, 0.25) is 5.02 Å². The minimum Gasteiger partial charge on any atom is -0.463 e. The Hall–Kier alpha value is -1.70. The molecule has 0 aromatic heterocycles. The predicted octanol–water partition coefficient (Wildman–Crippen LogP) is 5.07. The minimum absolute atomic E-state index is 0.233. The van der Waals surface area contributed by atoms with Crippen LogP contribution in [0.3, 0.4) is 0 Å². The maximum absolute atomic E-state index is 13.4. The number of oxime groups is 1. The summed E-state index contributed by atoms with van der Waals surface area (Å²) in [4.78, 5) is 17.0. The lowest BCUT2D eigenvalue weighted by molar-refractivity contribution is -0.166. The quantitative estimate of drug-likeness (QED) is 0.572. The van der Waals surface area contributed by atoms with Crippen molar-refractivity contribution in [3.63, 3.8) is 0 Å². The number of nitrogens with zero attached hydrogens (tertiary/aromatic N) is 1. The second-order valence-electron chi connectivity index (χ2n) is 8.27. The first kappa shape index (κ1) is 26.3. The van der Waals surface area contributed by atoms with E-state index in [2.05, 4.69) is 5.16 Å². The lowest BCUT2D eigenvalue weighted by Crippen LogP contribution is -2.48. The summed E-state index contributed by atoms with van der Waals surface area (Å²) in [5, 5.41) is 4.14. The second-order valence-corrected chi connectivity index (χ2v) is 8.67. The lowest BCUT2D eigenvalue weighted by Gasteiger charge is -2.38. The van der Waals surface area contributed by atoms with Gasteiger partial charge in [-0.1, -0.05) is 16.8 Å². The topological polar surface area (TPSA) is 66.4 Å². The van der Waals surface area contributed by atoms with Crippen molar-refractivity contribution < 1.29 is 28.2 Å². The number of carbonyl (C=O) groups is 1. The Kier molecular flexibility index (Phi) is 8.84. The number of halogens is 2. The number of ether oxygens (including phenoxy) is 3. The van der Waals surface area contributed by atoms with E-state index in [0.29, 0.717) is 16.8 Å². The van der Waals surface area contributed by atoms with Crippen LogP contribution in [0.25, 0.3) is 0 Å². The molecule has 1 atom stereocenters. The Morgan fingerprint density at radius 2 is 1.77 bits per heavy atom. The molecule has 170 valence electrons. The van der Waals surface area contributed by atoms with E-state index >= 15 is 0 Å². The first-order chi connectivity index (χ1) is 13.7. The third kappa shape index (κ3) is 5.93. The fraction of sp³-hybridized carbons (Fsp3) is 0.636. The van der Waals surface area contributed by atoms with E-state index < -0.39 is 11.6 Å². The molecule has 0 bridgehead atoms. The molecule has 1 unspecified atom stereocenters. The molecule has 1 heterocycles. The fourth-order valence-electron chi connectivity index (χ4n) is 2.45. The van der Waals surface area contributed by atoms with Crippen LogP contribution in [0, 0.1) is 12.7 Å². The van der Waals surface area contributed by atoms with Crippen molar-refractivity contribution in [3.8, 4) is 0 Å². The molecular formula is C22H33ClFNO5. The zero-order chi connectivity index (χ0) is 23.3. The number of hydrogen-bond donors (Lipinski definition) is 0. The van der Waals surface area contributed by atoms with Gasteiger partial charge in [0.2, 0.25) is 5.60 Å². The molecule has 0 N–H and O–H groups in total. The molecule has 1 aliphatic rings. The lowest BCUT2D eigenvalue weighted by atomic mass is 9.89. The molecular weight excluding hydrogens is 413 g/mol. The normalized spacial score (nSPS) is 18.8. The molecule has 2 rings (SSSR count). The molecule has 30 heavy (non-hydrogen) atoms. The molecule has 0 amide bonds. The van der Waals surface area contributed by atoms with E-state index in [1.165, 1.54) is 6.07 Å². The summed E-state index contributed by atoms with van der Waals surface area (Å²) in [5.74, 6) is -0.861. The molecule has 0 saturated carbocycles. The van der Waals surface area contributed by atoms with Gasteiger partial charge >= 0.3 is 5.97 Å². The highest BCUT2D eigenvalue weighted by atomic mass is 35.5. The maximum atomic E-state index is 13.4. The summed E-state index contributed by atoms with van der Waals surface area (Å²) in [6.45, 7) is 13.3. The van der Waals surface area contributed by atoms with E-state index in [1.54, 1.807) is 41.1 Å². The van der Waals surface area contributed by atoms with Crippen LogP contribution in [0.15, 0.2) is 17.3 Å². The summed E-state index contributed by atoms with van der Waals surface area (Å²) < 4.78 is 28.9. The zero-order valence-corrected chi connectivity index (χ0v) is 20.1. The van der Waals surface area contributed by atoms with E-state index in [9.17, 15) is 9.18 Å². The number of aryl methyl sites for hydroxylation is 1. The summed E-state index contributed by atoms with van der Waals surface area (Å²) in [6, 6.07) is 2.82. The van der Waals surface area contributed by atoms with Crippen molar-refractivity contribution in [3.05, 3.63) is 34.1 Å². The number of carbonyl (C=O) groups excluding carboxylic acids is 1. The van der Waals surface area contributed by atoms with Gasteiger partial charge in [0.1, 0.15) is 5.82 Å². The van der Waals surface area contributed by atoms with Gasteiger partial charge in [0.25, 0.3) is 0 Å². The van der Waals surface area contributed by atoms with Crippen molar-refractivity contribution in [2.75, 3.05) is 20.8 Å². The maximum Gasteiger partial charge on any atom is 0.353 e. The van der Waals surface area contributed by atoms with Crippen LogP contribution in [0.4, 0.5) is 4.39 Å². The van der Waals surface area contributed by atoms with Gasteiger partial charge in [0.05, 0.1) is 28.5 Å². The van der Waals surface area contributed by atoms with Crippen LogP contribution in [0.1, 0.15) is 59.1 Å². The van der Waals surface area contributed by atoms with Gasteiger partial charge in [0, 0.05) is 26.2 Å². The largest absolute Gasteiger partial charge is 0.463 e. The molecule has 0 fully saturated rings. The third-order valence-electron chi connectivity index (χ3n) is 5.60. The Morgan fingerprint density at radius 1 is 1.23 bits per heavy atom. The number of esters is 1. The van der Waals surface area contributed by atoms with Crippen LogP contribution < -0.4 is 0 Å². The molecule has 0 spiro atoms. The van der Waals surface area contributed by atoms with Gasteiger partial charge in [-0.3, -0.25) is 0 Å². The summed E-state index contributed by atoms with van der Waals surface area (Å²) in [7, 11) is 3.39. The van der Waals surface area contributed by atoms with Gasteiger partial charge in [-0.05, 0) is 66.2 Å². The van der Waals surface area contributed by atoms with Crippen molar-refractivity contribution >= 4 is 23.3 Å². The summed E-state index contributed by atoms with van der Waals surface area (Å²) >= 11 is 6.02. The summed E-state index contributed by atoms with van der Waals surface area (Å²) in [5.41, 5.74) is -0.0930. The SMILES string of the molecule is CCOC(=O)C1(C)CC(c2cc(C)c(F)cc2Cl)=NO1.COC(C)(C)C(C)(C)OC.